The maximum atomic E-state index is 8.80. The summed E-state index contributed by atoms with van der Waals surface area (Å²) in [5, 5.41) is 11.5. The summed E-state index contributed by atoms with van der Waals surface area (Å²) < 4.78 is 0. The summed E-state index contributed by atoms with van der Waals surface area (Å²) in [6.45, 7) is 6.43. The van der Waals surface area contributed by atoms with Crippen molar-refractivity contribution in [1.82, 2.24) is 4.98 Å². The monoisotopic (exact) mass is 242 g/mol. The fourth-order valence-corrected chi connectivity index (χ4v) is 2.50. The number of rotatable bonds is 2. The summed E-state index contributed by atoms with van der Waals surface area (Å²) in [6, 6.07) is 8.53. The van der Waals surface area contributed by atoms with Gasteiger partial charge in [0.25, 0.3) is 0 Å². The van der Waals surface area contributed by atoms with Gasteiger partial charge in [-0.1, -0.05) is 26.0 Å². The number of hydrogen-bond acceptors (Lipinski definition) is 3. The van der Waals surface area contributed by atoms with Gasteiger partial charge in [0, 0.05) is 10.9 Å². The van der Waals surface area contributed by atoms with E-state index in [0.29, 0.717) is 11.6 Å². The molecule has 0 spiro atoms. The molecule has 2 nitrogen and oxygen atoms in total. The Labute approximate surface area is 106 Å². The van der Waals surface area contributed by atoms with Gasteiger partial charge in [-0.25, -0.2) is 4.98 Å². The highest BCUT2D eigenvalue weighted by Gasteiger charge is 2.09. The maximum Gasteiger partial charge on any atom is 0.152 e. The molecule has 0 aliphatic carbocycles. The van der Waals surface area contributed by atoms with Gasteiger partial charge in [-0.2, -0.15) is 5.26 Å². The minimum atomic E-state index is 0.499. The zero-order chi connectivity index (χ0) is 12.4. The van der Waals surface area contributed by atoms with E-state index in [0.717, 1.165) is 10.6 Å². The lowest BCUT2D eigenvalue weighted by molar-refractivity contribution is 0.866. The molecule has 0 atom stereocenters. The van der Waals surface area contributed by atoms with Gasteiger partial charge in [-0.15, -0.1) is 11.3 Å². The first-order valence-electron chi connectivity index (χ1n) is 5.58. The van der Waals surface area contributed by atoms with Gasteiger partial charge in [0.1, 0.15) is 11.1 Å². The van der Waals surface area contributed by atoms with Crippen LogP contribution in [0, 0.1) is 18.3 Å². The van der Waals surface area contributed by atoms with E-state index in [1.807, 2.05) is 0 Å². The van der Waals surface area contributed by atoms with Crippen molar-refractivity contribution in [3.63, 3.8) is 0 Å². The second-order valence-corrected chi connectivity index (χ2v) is 5.24. The van der Waals surface area contributed by atoms with E-state index in [4.69, 9.17) is 5.26 Å². The molecule has 1 heterocycles. The fraction of sp³-hybridized carbons (Fsp3) is 0.286. The number of benzene rings is 1. The van der Waals surface area contributed by atoms with Crippen molar-refractivity contribution >= 4 is 11.3 Å². The average Bonchev–Trinajstić information content (AvgIpc) is 2.77. The first kappa shape index (κ1) is 11.8. The van der Waals surface area contributed by atoms with Crippen LogP contribution in [0.25, 0.3) is 10.6 Å². The molecule has 1 aromatic heterocycles. The van der Waals surface area contributed by atoms with E-state index in [2.05, 4.69) is 50.0 Å². The van der Waals surface area contributed by atoms with Crippen LogP contribution in [0.3, 0.4) is 0 Å². The highest BCUT2D eigenvalue weighted by atomic mass is 32.1. The van der Waals surface area contributed by atoms with E-state index in [-0.39, 0.29) is 0 Å². The second-order valence-electron chi connectivity index (χ2n) is 4.38. The van der Waals surface area contributed by atoms with Crippen LogP contribution < -0.4 is 0 Å². The van der Waals surface area contributed by atoms with Gasteiger partial charge in [-0.05, 0) is 30.0 Å². The number of hydrogen-bond donors (Lipinski definition) is 0. The number of aromatic nitrogens is 1. The molecule has 0 aliphatic rings. The molecule has 0 unspecified atom stereocenters. The van der Waals surface area contributed by atoms with Gasteiger partial charge in [0.2, 0.25) is 0 Å². The summed E-state index contributed by atoms with van der Waals surface area (Å²) in [5.41, 5.74) is 4.15. The zero-order valence-electron chi connectivity index (χ0n) is 10.2. The van der Waals surface area contributed by atoms with E-state index in [1.165, 1.54) is 22.5 Å². The van der Waals surface area contributed by atoms with Crippen LogP contribution in [0.4, 0.5) is 0 Å². The summed E-state index contributed by atoms with van der Waals surface area (Å²) in [4.78, 5) is 4.32. The van der Waals surface area contributed by atoms with Gasteiger partial charge in [-0.3, -0.25) is 0 Å². The highest BCUT2D eigenvalue weighted by molar-refractivity contribution is 7.13. The third-order valence-electron chi connectivity index (χ3n) is 2.78. The van der Waals surface area contributed by atoms with Gasteiger partial charge in [0.15, 0.2) is 5.69 Å². The molecule has 0 saturated heterocycles. The minimum Gasteiger partial charge on any atom is -0.225 e. The molecular weight excluding hydrogens is 228 g/mol. The Morgan fingerprint density at radius 2 is 2.12 bits per heavy atom. The number of aryl methyl sites for hydroxylation is 1. The molecule has 3 heteroatoms. The summed E-state index contributed by atoms with van der Waals surface area (Å²) in [5.74, 6) is 0.504. The zero-order valence-corrected chi connectivity index (χ0v) is 11.0. The van der Waals surface area contributed by atoms with E-state index >= 15 is 0 Å². The topological polar surface area (TPSA) is 36.7 Å². The van der Waals surface area contributed by atoms with Gasteiger partial charge >= 0.3 is 0 Å². The first-order chi connectivity index (χ1) is 8.11. The SMILES string of the molecule is Cc1ccc(C(C)C)cc1-c1nc(C#N)cs1. The molecule has 0 aliphatic heterocycles. The predicted molar refractivity (Wildman–Crippen MR) is 71.1 cm³/mol. The van der Waals surface area contributed by atoms with Crippen molar-refractivity contribution in [3.05, 3.63) is 40.4 Å². The third kappa shape index (κ3) is 2.37. The van der Waals surface area contributed by atoms with Gasteiger partial charge in [0.05, 0.1) is 0 Å². The average molecular weight is 242 g/mol. The first-order valence-corrected chi connectivity index (χ1v) is 6.46. The number of nitrogens with zero attached hydrogens (tertiary/aromatic N) is 2. The normalized spacial score (nSPS) is 10.5. The molecule has 0 N–H and O–H groups in total. The van der Waals surface area contributed by atoms with Crippen molar-refractivity contribution in [1.29, 1.82) is 5.26 Å². The Morgan fingerprint density at radius 3 is 2.71 bits per heavy atom. The Kier molecular flexibility index (Phi) is 3.26. The van der Waals surface area contributed by atoms with Crippen molar-refractivity contribution in [2.75, 3.05) is 0 Å². The molecule has 0 radical (unpaired) electrons. The molecule has 1 aromatic carbocycles. The van der Waals surface area contributed by atoms with E-state index in [1.54, 1.807) is 5.38 Å². The number of nitriles is 1. The standard InChI is InChI=1S/C14H14N2S/c1-9(2)11-5-4-10(3)13(6-11)14-16-12(7-15)8-17-14/h4-6,8-9H,1-3H3. The van der Waals surface area contributed by atoms with Crippen LogP contribution in [-0.4, -0.2) is 4.98 Å². The summed E-state index contributed by atoms with van der Waals surface area (Å²) >= 11 is 1.53. The molecule has 0 bridgehead atoms. The van der Waals surface area contributed by atoms with Gasteiger partial charge < -0.3 is 0 Å². The molecule has 0 fully saturated rings. The van der Waals surface area contributed by atoms with Crippen LogP contribution in [0.5, 0.6) is 0 Å². The Morgan fingerprint density at radius 1 is 1.35 bits per heavy atom. The van der Waals surface area contributed by atoms with Crippen molar-refractivity contribution in [2.45, 2.75) is 26.7 Å². The molecular formula is C14H14N2S. The lowest BCUT2D eigenvalue weighted by atomic mass is 9.98. The quantitative estimate of drug-likeness (QED) is 0.794. The van der Waals surface area contributed by atoms with E-state index < -0.39 is 0 Å². The lowest BCUT2D eigenvalue weighted by Gasteiger charge is -2.09. The molecule has 17 heavy (non-hydrogen) atoms. The largest absolute Gasteiger partial charge is 0.225 e. The molecule has 2 aromatic rings. The van der Waals surface area contributed by atoms with E-state index in [9.17, 15) is 0 Å². The summed E-state index contributed by atoms with van der Waals surface area (Å²) in [6.07, 6.45) is 0. The second kappa shape index (κ2) is 4.68. The minimum absolute atomic E-state index is 0.499. The highest BCUT2D eigenvalue weighted by Crippen LogP contribution is 2.29. The van der Waals surface area contributed by atoms with Crippen LogP contribution in [0.2, 0.25) is 0 Å². The number of thiazole rings is 1. The third-order valence-corrected chi connectivity index (χ3v) is 3.65. The Balaban J connectivity index is 2.51. The summed E-state index contributed by atoms with van der Waals surface area (Å²) in [7, 11) is 0. The Hall–Kier alpha value is -1.66. The smallest absolute Gasteiger partial charge is 0.152 e. The van der Waals surface area contributed by atoms with Crippen LogP contribution in [0.15, 0.2) is 23.6 Å². The van der Waals surface area contributed by atoms with Crippen LogP contribution in [0.1, 0.15) is 36.6 Å². The predicted octanol–water partition coefficient (Wildman–Crippen LogP) is 4.11. The molecule has 0 amide bonds. The molecule has 2 rings (SSSR count). The van der Waals surface area contributed by atoms with Crippen molar-refractivity contribution < 1.29 is 0 Å². The van der Waals surface area contributed by atoms with Crippen molar-refractivity contribution in [3.8, 4) is 16.6 Å². The van der Waals surface area contributed by atoms with Crippen LogP contribution in [-0.2, 0) is 0 Å². The lowest BCUT2D eigenvalue weighted by Crippen LogP contribution is -1.90. The Bertz CT molecular complexity index is 576. The van der Waals surface area contributed by atoms with Crippen molar-refractivity contribution in [2.24, 2.45) is 0 Å². The van der Waals surface area contributed by atoms with Crippen LogP contribution >= 0.6 is 11.3 Å². The fourth-order valence-electron chi connectivity index (χ4n) is 1.68. The maximum absolute atomic E-state index is 8.80. The molecule has 86 valence electrons. The molecule has 0 saturated carbocycles.